The Balaban J connectivity index is 0.00000272. The van der Waals surface area contributed by atoms with E-state index in [1.165, 1.54) is 12.1 Å². The van der Waals surface area contributed by atoms with Gasteiger partial charge in [0.1, 0.15) is 11.6 Å². The van der Waals surface area contributed by atoms with Gasteiger partial charge in [-0.05, 0) is 48.5 Å². The van der Waals surface area contributed by atoms with Crippen LogP contribution in [0.5, 0.6) is 5.75 Å². The van der Waals surface area contributed by atoms with E-state index in [-0.39, 0.29) is 18.2 Å². The Labute approximate surface area is 187 Å². The van der Waals surface area contributed by atoms with Crippen LogP contribution in [-0.2, 0) is 0 Å². The fourth-order valence-electron chi connectivity index (χ4n) is 4.03. The van der Waals surface area contributed by atoms with Crippen molar-refractivity contribution in [3.63, 3.8) is 0 Å². The van der Waals surface area contributed by atoms with Crippen LogP contribution in [0.15, 0.2) is 79.0 Å². The Morgan fingerprint density at radius 3 is 2.55 bits per heavy atom. The molecule has 0 aliphatic heterocycles. The molecule has 3 aromatic carbocycles. The minimum atomic E-state index is -0.745. The lowest BCUT2D eigenvalue weighted by Gasteiger charge is -2.26. The number of aliphatic hydroxyl groups is 1. The molecule has 1 aromatic heterocycles. The zero-order valence-electron chi connectivity index (χ0n) is 17.5. The molecule has 0 radical (unpaired) electrons. The van der Waals surface area contributed by atoms with Gasteiger partial charge in [0.2, 0.25) is 0 Å². The minimum absolute atomic E-state index is 0. The van der Waals surface area contributed by atoms with Crippen molar-refractivity contribution in [2.24, 2.45) is 0 Å². The van der Waals surface area contributed by atoms with Crippen molar-refractivity contribution in [1.29, 1.82) is 0 Å². The van der Waals surface area contributed by atoms with Crippen LogP contribution in [0.25, 0.3) is 22.0 Å². The Bertz CT molecular complexity index is 1160. The molecule has 0 spiro atoms. The minimum Gasteiger partial charge on any atom is -0.497 e. The molecule has 0 amide bonds. The van der Waals surface area contributed by atoms with Gasteiger partial charge in [0.25, 0.3) is 0 Å². The molecule has 6 heteroatoms. The maximum Gasteiger partial charge on any atom is 0.123 e. The maximum atomic E-state index is 14.0. The van der Waals surface area contributed by atoms with Crippen molar-refractivity contribution in [3.05, 3.63) is 90.4 Å². The second-order valence-electron chi connectivity index (χ2n) is 7.32. The summed E-state index contributed by atoms with van der Waals surface area (Å²) in [5.74, 6) is 0.458. The fraction of sp³-hybridized carbons (Fsp3) is 0.200. The highest BCUT2D eigenvalue weighted by molar-refractivity contribution is 5.96. The highest BCUT2D eigenvalue weighted by Crippen LogP contribution is 2.36. The second kappa shape index (κ2) is 9.96. The van der Waals surface area contributed by atoms with Crippen molar-refractivity contribution in [3.8, 4) is 16.9 Å². The Morgan fingerprint density at radius 1 is 1.03 bits per heavy atom. The summed E-state index contributed by atoms with van der Waals surface area (Å²) in [6, 6.07) is 22.0. The molecule has 4 rings (SSSR count). The van der Waals surface area contributed by atoms with Gasteiger partial charge in [-0.2, -0.15) is 0 Å². The summed E-state index contributed by atoms with van der Waals surface area (Å²) in [5.41, 5.74) is 3.74. The topological polar surface area (TPSA) is 46.4 Å². The molecular weight excluding hydrogens is 415 g/mol. The molecule has 0 aliphatic carbocycles. The van der Waals surface area contributed by atoms with Crippen LogP contribution >= 0.6 is 12.4 Å². The average molecular weight is 441 g/mol. The smallest absolute Gasteiger partial charge is 0.123 e. The Kier molecular flexibility index (Phi) is 7.33. The molecule has 4 nitrogen and oxygen atoms in total. The summed E-state index contributed by atoms with van der Waals surface area (Å²) in [7, 11) is 3.44. The number of hydrogen-bond acceptors (Lipinski definition) is 3. The van der Waals surface area contributed by atoms with E-state index in [0.717, 1.165) is 33.3 Å². The molecule has 0 fully saturated rings. The number of nitrogens with zero attached hydrogens (tertiary/aromatic N) is 1. The van der Waals surface area contributed by atoms with Gasteiger partial charge >= 0.3 is 0 Å². The molecule has 2 N–H and O–H groups in total. The largest absolute Gasteiger partial charge is 0.497 e. The van der Waals surface area contributed by atoms with Crippen molar-refractivity contribution in [2.75, 3.05) is 20.7 Å². The quantitative estimate of drug-likeness (QED) is 0.423. The average Bonchev–Trinajstić information content (AvgIpc) is 3.14. The standard InChI is InChI=1S/C25H25FN2O2.ClH/c1-27-15-24(29)25(18-8-5-9-19(26)13-18)28-16-22(21-11-3-4-12-23(21)28)17-7-6-10-20(14-17)30-2;/h3-14,16,24-25,27,29H,15H2,1-2H3;1H/t24-,25+;/m1./s1. The number of aromatic nitrogens is 1. The van der Waals surface area contributed by atoms with Crippen LogP contribution in [0.2, 0.25) is 0 Å². The summed E-state index contributed by atoms with van der Waals surface area (Å²) in [5, 5.41) is 15.1. The van der Waals surface area contributed by atoms with Gasteiger partial charge in [-0.25, -0.2) is 4.39 Å². The van der Waals surface area contributed by atoms with Crippen molar-refractivity contribution in [2.45, 2.75) is 12.1 Å². The number of rotatable bonds is 7. The van der Waals surface area contributed by atoms with Gasteiger partial charge in [-0.3, -0.25) is 0 Å². The van der Waals surface area contributed by atoms with E-state index >= 15 is 0 Å². The third-order valence-corrected chi connectivity index (χ3v) is 5.39. The molecule has 4 aromatic rings. The Morgan fingerprint density at radius 2 is 1.81 bits per heavy atom. The third-order valence-electron chi connectivity index (χ3n) is 5.39. The lowest BCUT2D eigenvalue weighted by Crippen LogP contribution is -2.33. The monoisotopic (exact) mass is 440 g/mol. The zero-order valence-corrected chi connectivity index (χ0v) is 18.3. The molecule has 0 unspecified atom stereocenters. The van der Waals surface area contributed by atoms with Crippen molar-refractivity contribution < 1.29 is 14.2 Å². The first-order valence-corrected chi connectivity index (χ1v) is 9.94. The van der Waals surface area contributed by atoms with E-state index in [1.807, 2.05) is 59.3 Å². The number of methoxy groups -OCH3 is 1. The van der Waals surface area contributed by atoms with Gasteiger partial charge < -0.3 is 19.7 Å². The van der Waals surface area contributed by atoms with Crippen LogP contribution in [0.4, 0.5) is 4.39 Å². The number of ether oxygens (including phenoxy) is 1. The highest BCUT2D eigenvalue weighted by atomic mass is 35.5. The zero-order chi connectivity index (χ0) is 21.1. The van der Waals surface area contributed by atoms with Gasteiger partial charge in [0.05, 0.1) is 19.3 Å². The second-order valence-corrected chi connectivity index (χ2v) is 7.32. The van der Waals surface area contributed by atoms with Crippen molar-refractivity contribution in [1.82, 2.24) is 9.88 Å². The van der Waals surface area contributed by atoms with Gasteiger partial charge in [0.15, 0.2) is 0 Å². The van der Waals surface area contributed by atoms with Gasteiger partial charge in [-0.15, -0.1) is 12.4 Å². The molecule has 0 bridgehead atoms. The molecule has 0 saturated carbocycles. The summed E-state index contributed by atoms with van der Waals surface area (Å²) < 4.78 is 21.5. The number of hydrogen-bond donors (Lipinski definition) is 2. The first kappa shape index (κ1) is 22.8. The summed E-state index contributed by atoms with van der Waals surface area (Å²) in [6.07, 6.45) is 1.29. The predicted octanol–water partition coefficient (Wildman–Crippen LogP) is 5.05. The van der Waals surface area contributed by atoms with Crippen molar-refractivity contribution >= 4 is 23.3 Å². The predicted molar refractivity (Wildman–Crippen MR) is 126 cm³/mol. The molecule has 2 atom stereocenters. The van der Waals surface area contributed by atoms with Crippen LogP contribution in [-0.4, -0.2) is 36.5 Å². The third kappa shape index (κ3) is 4.59. The Hall–Kier alpha value is -2.86. The molecule has 0 aliphatic rings. The number of benzene rings is 3. The fourth-order valence-corrected chi connectivity index (χ4v) is 4.03. The van der Waals surface area contributed by atoms with E-state index < -0.39 is 12.1 Å². The van der Waals surface area contributed by atoms with E-state index in [2.05, 4.69) is 11.4 Å². The first-order valence-electron chi connectivity index (χ1n) is 9.94. The number of nitrogens with one attached hydrogen (secondary N) is 1. The number of para-hydroxylation sites is 1. The van der Waals surface area contributed by atoms with Crippen LogP contribution in [0.3, 0.4) is 0 Å². The first-order chi connectivity index (χ1) is 14.6. The van der Waals surface area contributed by atoms with Gasteiger partial charge in [-0.1, -0.05) is 42.5 Å². The maximum absolute atomic E-state index is 14.0. The van der Waals surface area contributed by atoms with Crippen LogP contribution < -0.4 is 10.1 Å². The number of halogens is 2. The number of aliphatic hydroxyl groups excluding tert-OH is 1. The molecule has 162 valence electrons. The summed E-state index contributed by atoms with van der Waals surface area (Å²) in [6.45, 7) is 0.377. The van der Waals surface area contributed by atoms with Gasteiger partial charge in [0, 0.05) is 29.2 Å². The molecule has 0 saturated heterocycles. The van der Waals surface area contributed by atoms with E-state index in [4.69, 9.17) is 4.74 Å². The van der Waals surface area contributed by atoms with Crippen LogP contribution in [0, 0.1) is 5.82 Å². The van der Waals surface area contributed by atoms with Crippen LogP contribution in [0.1, 0.15) is 11.6 Å². The molecule has 1 heterocycles. The lowest BCUT2D eigenvalue weighted by atomic mass is 10.0. The highest BCUT2D eigenvalue weighted by Gasteiger charge is 2.25. The summed E-state index contributed by atoms with van der Waals surface area (Å²) >= 11 is 0. The lowest BCUT2D eigenvalue weighted by molar-refractivity contribution is 0.132. The van der Waals surface area contributed by atoms with E-state index in [0.29, 0.717) is 6.54 Å². The SMILES string of the molecule is CNC[C@@H](O)[C@H](c1cccc(F)c1)n1cc(-c2cccc(OC)c2)c2ccccc21.Cl. The van der Waals surface area contributed by atoms with E-state index in [1.54, 1.807) is 20.2 Å². The van der Waals surface area contributed by atoms with E-state index in [9.17, 15) is 9.50 Å². The normalized spacial score (nSPS) is 12.9. The molecule has 31 heavy (non-hydrogen) atoms. The summed E-state index contributed by atoms with van der Waals surface area (Å²) in [4.78, 5) is 0. The number of likely N-dealkylation sites (N-methyl/N-ethyl adjacent to an activating group) is 1. The number of fused-ring (bicyclic) bond motifs is 1. The molecular formula is C25H26ClFN2O2.